The minimum atomic E-state index is -0.0610. The van der Waals surface area contributed by atoms with Crippen molar-refractivity contribution < 1.29 is 4.79 Å². The van der Waals surface area contributed by atoms with Gasteiger partial charge in [0, 0.05) is 22.9 Å². The van der Waals surface area contributed by atoms with Gasteiger partial charge in [0.15, 0.2) is 0 Å². The van der Waals surface area contributed by atoms with Crippen LogP contribution in [0.4, 0.5) is 11.4 Å². The highest BCUT2D eigenvalue weighted by molar-refractivity contribution is 6.05. The summed E-state index contributed by atoms with van der Waals surface area (Å²) in [6.45, 7) is 8.59. The monoisotopic (exact) mass is 422 g/mol. The van der Waals surface area contributed by atoms with E-state index in [4.69, 9.17) is 0 Å². The second-order valence-electron chi connectivity index (χ2n) is 9.36. The van der Waals surface area contributed by atoms with E-state index in [2.05, 4.69) is 67.8 Å². The molecule has 3 unspecified atom stereocenters. The number of aryl methyl sites for hydroxylation is 4. The molecule has 0 radical (unpaired) electrons. The zero-order valence-corrected chi connectivity index (χ0v) is 19.2. The Morgan fingerprint density at radius 2 is 1.69 bits per heavy atom. The normalized spacial score (nSPS) is 20.9. The number of benzene rings is 3. The smallest absolute Gasteiger partial charge is 0.255 e. The van der Waals surface area contributed by atoms with Crippen LogP contribution in [0.15, 0.2) is 66.7 Å². The lowest BCUT2D eigenvalue weighted by Gasteiger charge is -2.39. The Balaban J connectivity index is 1.48. The van der Waals surface area contributed by atoms with Gasteiger partial charge in [0.05, 0.1) is 6.04 Å². The highest BCUT2D eigenvalue weighted by Gasteiger charge is 2.39. The molecule has 0 fully saturated rings. The van der Waals surface area contributed by atoms with Gasteiger partial charge in [0.1, 0.15) is 0 Å². The summed E-state index contributed by atoms with van der Waals surface area (Å²) in [5.41, 5.74) is 10.4. The Morgan fingerprint density at radius 3 is 2.44 bits per heavy atom. The van der Waals surface area contributed by atoms with Crippen molar-refractivity contribution in [2.24, 2.45) is 5.92 Å². The van der Waals surface area contributed by atoms with Gasteiger partial charge < -0.3 is 10.6 Å². The molecule has 1 aliphatic carbocycles. The molecule has 0 aromatic heterocycles. The lowest BCUT2D eigenvalue weighted by Crippen LogP contribution is -2.30. The molecule has 0 spiro atoms. The lowest BCUT2D eigenvalue weighted by atomic mass is 9.75. The van der Waals surface area contributed by atoms with Crippen LogP contribution in [0.25, 0.3) is 0 Å². The highest BCUT2D eigenvalue weighted by Crippen LogP contribution is 2.51. The molecule has 3 atom stereocenters. The largest absolute Gasteiger partial charge is 0.378 e. The van der Waals surface area contributed by atoms with E-state index < -0.39 is 0 Å². The first-order chi connectivity index (χ1) is 15.4. The van der Waals surface area contributed by atoms with Crippen LogP contribution in [-0.2, 0) is 0 Å². The molecule has 3 nitrogen and oxygen atoms in total. The fourth-order valence-corrected chi connectivity index (χ4v) is 5.67. The molecule has 2 N–H and O–H groups in total. The van der Waals surface area contributed by atoms with E-state index in [1.54, 1.807) is 0 Å². The summed E-state index contributed by atoms with van der Waals surface area (Å²) in [6.07, 6.45) is 5.73. The van der Waals surface area contributed by atoms with E-state index >= 15 is 0 Å². The van der Waals surface area contributed by atoms with Crippen molar-refractivity contribution in [2.75, 3.05) is 10.6 Å². The van der Waals surface area contributed by atoms with Crippen molar-refractivity contribution >= 4 is 17.3 Å². The summed E-state index contributed by atoms with van der Waals surface area (Å²) in [5, 5.41) is 6.96. The van der Waals surface area contributed by atoms with Crippen molar-refractivity contribution in [3.05, 3.63) is 106 Å². The molecule has 1 amide bonds. The summed E-state index contributed by atoms with van der Waals surface area (Å²) in [4.78, 5) is 12.8. The van der Waals surface area contributed by atoms with Crippen molar-refractivity contribution in [2.45, 2.75) is 46.1 Å². The van der Waals surface area contributed by atoms with Crippen LogP contribution in [0.3, 0.4) is 0 Å². The number of allylic oxidation sites excluding steroid dienone is 2. The third-order valence-electron chi connectivity index (χ3n) is 7.06. The quantitative estimate of drug-likeness (QED) is 0.446. The third-order valence-corrected chi connectivity index (χ3v) is 7.06. The van der Waals surface area contributed by atoms with Crippen LogP contribution in [-0.4, -0.2) is 5.91 Å². The van der Waals surface area contributed by atoms with E-state index in [9.17, 15) is 4.79 Å². The summed E-state index contributed by atoms with van der Waals surface area (Å²) < 4.78 is 0. The number of amides is 1. The number of fused-ring (bicyclic) bond motifs is 3. The minimum absolute atomic E-state index is 0.0610. The Morgan fingerprint density at radius 1 is 0.938 bits per heavy atom. The van der Waals surface area contributed by atoms with E-state index in [1.807, 2.05) is 37.3 Å². The van der Waals surface area contributed by atoms with Crippen LogP contribution in [0.2, 0.25) is 0 Å². The van der Waals surface area contributed by atoms with Crippen LogP contribution < -0.4 is 10.6 Å². The molecule has 5 rings (SSSR count). The molecule has 0 saturated carbocycles. The predicted molar refractivity (Wildman–Crippen MR) is 133 cm³/mol. The van der Waals surface area contributed by atoms with Gasteiger partial charge in [0.2, 0.25) is 0 Å². The molecular weight excluding hydrogens is 392 g/mol. The zero-order chi connectivity index (χ0) is 22.4. The van der Waals surface area contributed by atoms with E-state index in [0.717, 1.165) is 23.4 Å². The van der Waals surface area contributed by atoms with Crippen molar-refractivity contribution in [1.82, 2.24) is 0 Å². The number of hydrogen-bond donors (Lipinski definition) is 2. The van der Waals surface area contributed by atoms with Crippen LogP contribution in [0, 0.1) is 33.6 Å². The number of anilines is 2. The number of nitrogens with one attached hydrogen (secondary N) is 2. The number of carbonyl (C=O) groups is 1. The van der Waals surface area contributed by atoms with E-state index in [-0.39, 0.29) is 11.9 Å². The maximum atomic E-state index is 12.8. The van der Waals surface area contributed by atoms with Gasteiger partial charge in [-0.2, -0.15) is 0 Å². The van der Waals surface area contributed by atoms with Crippen LogP contribution in [0.5, 0.6) is 0 Å². The second-order valence-corrected chi connectivity index (χ2v) is 9.36. The van der Waals surface area contributed by atoms with E-state index in [0.29, 0.717) is 17.4 Å². The molecule has 1 heterocycles. The average Bonchev–Trinajstić information content (AvgIpc) is 3.24. The summed E-state index contributed by atoms with van der Waals surface area (Å²) in [7, 11) is 0. The molecule has 2 aliphatic rings. The van der Waals surface area contributed by atoms with Crippen molar-refractivity contribution in [3.63, 3.8) is 0 Å². The first-order valence-corrected chi connectivity index (χ1v) is 11.4. The van der Waals surface area contributed by atoms with Gasteiger partial charge in [0.25, 0.3) is 5.91 Å². The van der Waals surface area contributed by atoms with Crippen molar-refractivity contribution in [1.29, 1.82) is 0 Å². The first-order valence-electron chi connectivity index (χ1n) is 11.4. The standard InChI is InChI=1S/C29H30N2O/c1-17-14-19(3)27(20(4)15-17)28-24-11-7-10-23(24)25-16-21(12-13-26(25)31-28)30-29(32)22-9-6-5-8-18(22)2/h5-10,12-16,23-24,28,31H,11H2,1-4H3,(H,30,32). The maximum Gasteiger partial charge on any atom is 0.255 e. The molecule has 0 bridgehead atoms. The summed E-state index contributed by atoms with van der Waals surface area (Å²) in [5.74, 6) is 0.769. The molecular formula is C29H30N2O. The van der Waals surface area contributed by atoms with Crippen molar-refractivity contribution in [3.8, 4) is 0 Å². The Bertz CT molecular complexity index is 1220. The lowest BCUT2D eigenvalue weighted by molar-refractivity contribution is 0.102. The van der Waals surface area contributed by atoms with Gasteiger partial charge in [-0.3, -0.25) is 4.79 Å². The predicted octanol–water partition coefficient (Wildman–Crippen LogP) is 7.00. The molecule has 32 heavy (non-hydrogen) atoms. The topological polar surface area (TPSA) is 41.1 Å². The highest BCUT2D eigenvalue weighted by atomic mass is 16.1. The van der Waals surface area contributed by atoms with Gasteiger partial charge in [-0.05, 0) is 92.1 Å². The number of carbonyl (C=O) groups excluding carboxylic acids is 1. The fourth-order valence-electron chi connectivity index (χ4n) is 5.67. The fraction of sp³-hybridized carbons (Fsp3) is 0.276. The Labute approximate surface area is 190 Å². The third kappa shape index (κ3) is 3.52. The van der Waals surface area contributed by atoms with Gasteiger partial charge in [-0.1, -0.05) is 48.0 Å². The second kappa shape index (κ2) is 7.98. The zero-order valence-electron chi connectivity index (χ0n) is 19.2. The van der Waals surface area contributed by atoms with Gasteiger partial charge >= 0.3 is 0 Å². The number of hydrogen-bond acceptors (Lipinski definition) is 2. The molecule has 0 saturated heterocycles. The molecule has 3 heteroatoms. The van der Waals surface area contributed by atoms with Gasteiger partial charge in [-0.15, -0.1) is 0 Å². The van der Waals surface area contributed by atoms with Gasteiger partial charge in [-0.25, -0.2) is 0 Å². The SMILES string of the molecule is Cc1cc(C)c(C2Nc3ccc(NC(=O)c4ccccc4C)cc3C3C=CCC32)c(C)c1. The molecule has 3 aromatic carbocycles. The summed E-state index contributed by atoms with van der Waals surface area (Å²) in [6, 6.07) is 18.9. The Kier molecular flexibility index (Phi) is 5.13. The van der Waals surface area contributed by atoms with E-state index in [1.165, 1.54) is 27.8 Å². The minimum Gasteiger partial charge on any atom is -0.378 e. The summed E-state index contributed by atoms with van der Waals surface area (Å²) >= 11 is 0. The maximum absolute atomic E-state index is 12.8. The van der Waals surface area contributed by atoms with Crippen LogP contribution in [0.1, 0.15) is 62.1 Å². The Hall–Kier alpha value is -3.33. The van der Waals surface area contributed by atoms with Crippen LogP contribution >= 0.6 is 0 Å². The molecule has 162 valence electrons. The molecule has 1 aliphatic heterocycles. The first kappa shape index (κ1) is 20.6. The number of rotatable bonds is 3. The average molecular weight is 423 g/mol. The molecule has 3 aromatic rings.